The Balaban J connectivity index is 1.55. The quantitative estimate of drug-likeness (QED) is 0.788. The number of nitrogens with zero attached hydrogens (tertiary/aromatic N) is 4. The Bertz CT molecular complexity index is 883. The van der Waals surface area contributed by atoms with Crippen molar-refractivity contribution in [2.24, 2.45) is 0 Å². The second-order valence-electron chi connectivity index (χ2n) is 5.97. The Hall–Kier alpha value is -3.02. The fourth-order valence-electron chi connectivity index (χ4n) is 3.09. The largest absolute Gasteiger partial charge is 0.349 e. The number of benzene rings is 2. The Labute approximate surface area is 145 Å². The van der Waals surface area contributed by atoms with Gasteiger partial charge in [0.2, 0.25) is 5.95 Å². The summed E-state index contributed by atoms with van der Waals surface area (Å²) in [6, 6.07) is 15.0. The maximum absolute atomic E-state index is 13.7. The monoisotopic (exact) mass is 335 g/mol. The lowest BCUT2D eigenvalue weighted by molar-refractivity contribution is 0.612. The number of hydrogen-bond acceptors (Lipinski definition) is 5. The number of aromatic nitrogens is 3. The zero-order valence-corrected chi connectivity index (χ0v) is 13.7. The first kappa shape index (κ1) is 15.5. The van der Waals surface area contributed by atoms with Crippen LogP contribution >= 0.6 is 0 Å². The molecular formula is C19H18FN5. The van der Waals surface area contributed by atoms with Gasteiger partial charge in [0.25, 0.3) is 0 Å². The lowest BCUT2D eigenvalue weighted by Crippen LogP contribution is -2.25. The van der Waals surface area contributed by atoms with Gasteiger partial charge in [0.1, 0.15) is 5.82 Å². The molecule has 0 radical (unpaired) electrons. The summed E-state index contributed by atoms with van der Waals surface area (Å²) in [6.45, 7) is 1.21. The van der Waals surface area contributed by atoms with Gasteiger partial charge in [0, 0.05) is 24.3 Å². The standard InChI is InChI=1S/C19H18FN5/c20-16-9-3-1-7-15(16)12-21-19-23-18(13-22-24-19)25-11-5-8-14-6-2-4-10-17(14)25/h1-4,6-7,9-10,13H,5,8,11-12H2,(H,21,23,24). The molecule has 0 unspecified atom stereocenters. The van der Waals surface area contributed by atoms with Gasteiger partial charge in [0.05, 0.1) is 6.20 Å². The van der Waals surface area contributed by atoms with E-state index in [-0.39, 0.29) is 5.82 Å². The Morgan fingerprint density at radius 3 is 2.84 bits per heavy atom. The molecule has 3 aromatic rings. The number of anilines is 3. The van der Waals surface area contributed by atoms with Crippen molar-refractivity contribution < 1.29 is 4.39 Å². The van der Waals surface area contributed by atoms with E-state index in [4.69, 9.17) is 0 Å². The van der Waals surface area contributed by atoms with Crippen molar-refractivity contribution in [1.29, 1.82) is 0 Å². The van der Waals surface area contributed by atoms with E-state index < -0.39 is 0 Å². The first-order valence-corrected chi connectivity index (χ1v) is 8.34. The molecule has 1 aliphatic rings. The van der Waals surface area contributed by atoms with Gasteiger partial charge in [-0.05, 0) is 30.5 Å². The van der Waals surface area contributed by atoms with Crippen LogP contribution in [0, 0.1) is 5.82 Å². The summed E-state index contributed by atoms with van der Waals surface area (Å²) in [7, 11) is 0. The van der Waals surface area contributed by atoms with E-state index in [1.165, 1.54) is 11.6 Å². The van der Waals surface area contributed by atoms with Gasteiger partial charge in [-0.15, -0.1) is 5.10 Å². The number of aryl methyl sites for hydroxylation is 1. The third-order valence-corrected chi connectivity index (χ3v) is 4.33. The number of hydrogen-bond donors (Lipinski definition) is 1. The van der Waals surface area contributed by atoms with Crippen molar-refractivity contribution in [2.45, 2.75) is 19.4 Å². The summed E-state index contributed by atoms with van der Waals surface area (Å²) in [6.07, 6.45) is 3.80. The smallest absolute Gasteiger partial charge is 0.244 e. The number of para-hydroxylation sites is 1. The summed E-state index contributed by atoms with van der Waals surface area (Å²) in [4.78, 5) is 6.71. The van der Waals surface area contributed by atoms with E-state index in [1.807, 2.05) is 6.07 Å². The third-order valence-electron chi connectivity index (χ3n) is 4.33. The zero-order valence-electron chi connectivity index (χ0n) is 13.7. The van der Waals surface area contributed by atoms with E-state index in [2.05, 4.69) is 43.6 Å². The van der Waals surface area contributed by atoms with Crippen LogP contribution in [0.5, 0.6) is 0 Å². The Morgan fingerprint density at radius 2 is 1.92 bits per heavy atom. The molecule has 2 heterocycles. The van der Waals surface area contributed by atoms with Gasteiger partial charge < -0.3 is 10.2 Å². The van der Waals surface area contributed by atoms with Gasteiger partial charge >= 0.3 is 0 Å². The molecule has 25 heavy (non-hydrogen) atoms. The minimum atomic E-state index is -0.246. The van der Waals surface area contributed by atoms with Gasteiger partial charge in [-0.25, -0.2) is 4.39 Å². The van der Waals surface area contributed by atoms with Crippen LogP contribution in [0.1, 0.15) is 17.5 Å². The van der Waals surface area contributed by atoms with Gasteiger partial charge in [0.15, 0.2) is 5.82 Å². The van der Waals surface area contributed by atoms with Crippen molar-refractivity contribution in [3.05, 3.63) is 71.7 Å². The molecule has 0 bridgehead atoms. The number of nitrogens with one attached hydrogen (secondary N) is 1. The first-order valence-electron chi connectivity index (χ1n) is 8.34. The molecule has 0 spiro atoms. The van der Waals surface area contributed by atoms with Crippen molar-refractivity contribution in [3.63, 3.8) is 0 Å². The molecule has 1 aromatic heterocycles. The van der Waals surface area contributed by atoms with Crippen LogP contribution in [0.4, 0.5) is 21.8 Å². The first-order chi connectivity index (χ1) is 12.3. The van der Waals surface area contributed by atoms with Crippen molar-refractivity contribution >= 4 is 17.5 Å². The molecular weight excluding hydrogens is 317 g/mol. The molecule has 6 heteroatoms. The second-order valence-corrected chi connectivity index (χ2v) is 5.97. The van der Waals surface area contributed by atoms with Crippen LogP contribution in [0.3, 0.4) is 0 Å². The van der Waals surface area contributed by atoms with Crippen LogP contribution < -0.4 is 10.2 Å². The van der Waals surface area contributed by atoms with Crippen LogP contribution in [-0.2, 0) is 13.0 Å². The average Bonchev–Trinajstić information content (AvgIpc) is 2.67. The summed E-state index contributed by atoms with van der Waals surface area (Å²) in [5, 5.41) is 11.1. The fourth-order valence-corrected chi connectivity index (χ4v) is 3.09. The summed E-state index contributed by atoms with van der Waals surface area (Å²) in [5.74, 6) is 0.895. The maximum atomic E-state index is 13.7. The normalized spacial score (nSPS) is 13.4. The fraction of sp³-hybridized carbons (Fsp3) is 0.211. The molecule has 1 N–H and O–H groups in total. The predicted octanol–water partition coefficient (Wildman–Crippen LogP) is 3.71. The van der Waals surface area contributed by atoms with Crippen molar-refractivity contribution in [2.75, 3.05) is 16.8 Å². The van der Waals surface area contributed by atoms with E-state index in [0.29, 0.717) is 18.1 Å². The lowest BCUT2D eigenvalue weighted by Gasteiger charge is -2.30. The second kappa shape index (κ2) is 6.84. The van der Waals surface area contributed by atoms with E-state index in [0.717, 1.165) is 30.9 Å². The molecule has 0 amide bonds. The lowest BCUT2D eigenvalue weighted by atomic mass is 10.0. The van der Waals surface area contributed by atoms with Crippen LogP contribution in [0.15, 0.2) is 54.7 Å². The molecule has 0 fully saturated rings. The number of rotatable bonds is 4. The zero-order chi connectivity index (χ0) is 17.1. The number of halogens is 1. The number of fused-ring (bicyclic) bond motifs is 1. The topological polar surface area (TPSA) is 53.9 Å². The molecule has 4 rings (SSSR count). The van der Waals surface area contributed by atoms with Gasteiger partial charge in [-0.3, -0.25) is 0 Å². The SMILES string of the molecule is Fc1ccccc1CNc1nncc(N2CCCc3ccccc32)n1. The van der Waals surface area contributed by atoms with E-state index >= 15 is 0 Å². The molecule has 2 aromatic carbocycles. The van der Waals surface area contributed by atoms with Crippen LogP contribution in [0.25, 0.3) is 0 Å². The molecule has 5 nitrogen and oxygen atoms in total. The molecule has 0 atom stereocenters. The van der Waals surface area contributed by atoms with Crippen LogP contribution in [-0.4, -0.2) is 21.7 Å². The maximum Gasteiger partial charge on any atom is 0.244 e. The van der Waals surface area contributed by atoms with Crippen molar-refractivity contribution in [1.82, 2.24) is 15.2 Å². The predicted molar refractivity (Wildman–Crippen MR) is 95.3 cm³/mol. The van der Waals surface area contributed by atoms with E-state index in [1.54, 1.807) is 24.4 Å². The molecule has 1 aliphatic heterocycles. The average molecular weight is 335 g/mol. The van der Waals surface area contributed by atoms with Crippen LogP contribution in [0.2, 0.25) is 0 Å². The summed E-state index contributed by atoms with van der Waals surface area (Å²) in [5.41, 5.74) is 3.04. The Morgan fingerprint density at radius 1 is 1.08 bits per heavy atom. The summed E-state index contributed by atoms with van der Waals surface area (Å²) >= 11 is 0. The molecule has 0 aliphatic carbocycles. The molecule has 0 saturated carbocycles. The highest BCUT2D eigenvalue weighted by Gasteiger charge is 2.19. The highest BCUT2D eigenvalue weighted by molar-refractivity contribution is 5.65. The third kappa shape index (κ3) is 3.28. The highest BCUT2D eigenvalue weighted by Crippen LogP contribution is 2.31. The van der Waals surface area contributed by atoms with Crippen molar-refractivity contribution in [3.8, 4) is 0 Å². The molecule has 0 saturated heterocycles. The summed E-state index contributed by atoms with van der Waals surface area (Å²) < 4.78 is 13.7. The minimum absolute atomic E-state index is 0.246. The highest BCUT2D eigenvalue weighted by atomic mass is 19.1. The van der Waals surface area contributed by atoms with Gasteiger partial charge in [-0.1, -0.05) is 36.4 Å². The van der Waals surface area contributed by atoms with Gasteiger partial charge in [-0.2, -0.15) is 10.1 Å². The Kier molecular flexibility index (Phi) is 4.24. The molecule has 126 valence electrons. The van der Waals surface area contributed by atoms with E-state index in [9.17, 15) is 4.39 Å². The minimum Gasteiger partial charge on any atom is -0.349 e.